The minimum Gasteiger partial charge on any atom is -0.320 e. The molecule has 0 saturated heterocycles. The largest absolute Gasteiger partial charge is 0.320 e. The zero-order valence-corrected chi connectivity index (χ0v) is 9.14. The van der Waals surface area contributed by atoms with Gasteiger partial charge >= 0.3 is 0 Å². The Hall–Kier alpha value is -0.630. The van der Waals surface area contributed by atoms with Crippen molar-refractivity contribution in [2.45, 2.75) is 44.9 Å². The van der Waals surface area contributed by atoms with Gasteiger partial charge in [0.05, 0.1) is 0 Å². The van der Waals surface area contributed by atoms with Crippen LogP contribution in [0.25, 0.3) is 0 Å². The van der Waals surface area contributed by atoms with Crippen molar-refractivity contribution < 1.29 is 4.79 Å². The molecule has 0 atom stereocenters. The molecule has 1 rings (SSSR count). The summed E-state index contributed by atoms with van der Waals surface area (Å²) in [5.41, 5.74) is 1.10. The number of Topliss-reactive ketones (excluding diaryl/α,β-unsaturated/α-hetero) is 1. The van der Waals surface area contributed by atoms with E-state index in [1.165, 1.54) is 19.3 Å². The minimum atomic E-state index is 0.377. The molecule has 2 nitrogen and oxygen atoms in total. The number of allylic oxidation sites excluding steroid dienone is 2. The van der Waals surface area contributed by atoms with Crippen LogP contribution in [0.3, 0.4) is 0 Å². The minimum absolute atomic E-state index is 0.377. The predicted molar refractivity (Wildman–Crippen MR) is 59.3 cm³/mol. The Morgan fingerprint density at radius 3 is 3.07 bits per heavy atom. The molecule has 0 amide bonds. The van der Waals surface area contributed by atoms with Crippen LogP contribution in [-0.2, 0) is 4.79 Å². The van der Waals surface area contributed by atoms with Crippen LogP contribution in [0.15, 0.2) is 11.6 Å². The first-order valence-corrected chi connectivity index (χ1v) is 5.71. The predicted octanol–water partition coefficient (Wildman–Crippen LogP) is 2.45. The summed E-state index contributed by atoms with van der Waals surface area (Å²) in [4.78, 5) is 11.7. The Bertz CT molecular complexity index is 208. The number of ketones is 1. The van der Waals surface area contributed by atoms with Gasteiger partial charge in [0.1, 0.15) is 0 Å². The summed E-state index contributed by atoms with van der Waals surface area (Å²) in [5.74, 6) is 0.377. The molecule has 0 aromatic rings. The molecule has 0 aromatic carbocycles. The van der Waals surface area contributed by atoms with E-state index < -0.39 is 0 Å². The highest BCUT2D eigenvalue weighted by molar-refractivity contribution is 5.95. The van der Waals surface area contributed by atoms with E-state index in [4.69, 9.17) is 0 Å². The van der Waals surface area contributed by atoms with Gasteiger partial charge < -0.3 is 5.32 Å². The standard InChI is InChI=1S/C12H21NO/c1-13-10-6-9-12(14)11-7-4-2-3-5-8-11/h7,13H,2-6,8-10H2,1H3. The number of rotatable bonds is 5. The number of hydrogen-bond donors (Lipinski definition) is 1. The van der Waals surface area contributed by atoms with Gasteiger partial charge in [-0.25, -0.2) is 0 Å². The lowest BCUT2D eigenvalue weighted by molar-refractivity contribution is -0.115. The molecular formula is C12H21NO. The first-order valence-electron chi connectivity index (χ1n) is 5.71. The van der Waals surface area contributed by atoms with E-state index in [1.807, 2.05) is 7.05 Å². The highest BCUT2D eigenvalue weighted by Crippen LogP contribution is 2.19. The quantitative estimate of drug-likeness (QED) is 0.683. The smallest absolute Gasteiger partial charge is 0.158 e. The molecule has 0 aliphatic heterocycles. The number of carbonyl (C=O) groups is 1. The highest BCUT2D eigenvalue weighted by atomic mass is 16.1. The van der Waals surface area contributed by atoms with Crippen molar-refractivity contribution in [2.24, 2.45) is 0 Å². The van der Waals surface area contributed by atoms with Crippen LogP contribution in [0.5, 0.6) is 0 Å². The maximum atomic E-state index is 11.7. The molecule has 0 aromatic heterocycles. The van der Waals surface area contributed by atoms with Gasteiger partial charge in [-0.2, -0.15) is 0 Å². The monoisotopic (exact) mass is 195 g/mol. The van der Waals surface area contributed by atoms with Gasteiger partial charge in [0, 0.05) is 6.42 Å². The summed E-state index contributed by atoms with van der Waals surface area (Å²) < 4.78 is 0. The fourth-order valence-electron chi connectivity index (χ4n) is 1.85. The zero-order valence-electron chi connectivity index (χ0n) is 9.14. The Morgan fingerprint density at radius 2 is 2.29 bits per heavy atom. The maximum Gasteiger partial charge on any atom is 0.158 e. The van der Waals surface area contributed by atoms with Gasteiger partial charge in [0.15, 0.2) is 5.78 Å². The van der Waals surface area contributed by atoms with E-state index in [2.05, 4.69) is 11.4 Å². The first kappa shape index (κ1) is 11.4. The van der Waals surface area contributed by atoms with Gasteiger partial charge in [-0.1, -0.05) is 12.5 Å². The highest BCUT2D eigenvalue weighted by Gasteiger charge is 2.10. The lowest BCUT2D eigenvalue weighted by Crippen LogP contribution is -2.11. The molecule has 0 saturated carbocycles. The normalized spacial score (nSPS) is 17.4. The van der Waals surface area contributed by atoms with Crippen LogP contribution in [0, 0.1) is 0 Å². The van der Waals surface area contributed by atoms with Crippen LogP contribution < -0.4 is 5.32 Å². The number of nitrogens with one attached hydrogen (secondary N) is 1. The van der Waals surface area contributed by atoms with E-state index in [9.17, 15) is 4.79 Å². The van der Waals surface area contributed by atoms with Gasteiger partial charge in [-0.3, -0.25) is 4.79 Å². The fourth-order valence-corrected chi connectivity index (χ4v) is 1.85. The second-order valence-electron chi connectivity index (χ2n) is 3.96. The molecular weight excluding hydrogens is 174 g/mol. The van der Waals surface area contributed by atoms with Gasteiger partial charge in [0.25, 0.3) is 0 Å². The summed E-state index contributed by atoms with van der Waals surface area (Å²) in [7, 11) is 1.93. The van der Waals surface area contributed by atoms with Crippen molar-refractivity contribution in [3.8, 4) is 0 Å². The summed E-state index contributed by atoms with van der Waals surface area (Å²) in [6.45, 7) is 0.943. The fraction of sp³-hybridized carbons (Fsp3) is 0.750. The lowest BCUT2D eigenvalue weighted by Gasteiger charge is -2.03. The Balaban J connectivity index is 2.30. The van der Waals surface area contributed by atoms with E-state index in [-0.39, 0.29) is 0 Å². The van der Waals surface area contributed by atoms with Crippen molar-refractivity contribution in [2.75, 3.05) is 13.6 Å². The van der Waals surface area contributed by atoms with Crippen molar-refractivity contribution in [3.63, 3.8) is 0 Å². The molecule has 2 heteroatoms. The van der Waals surface area contributed by atoms with Crippen LogP contribution in [0.1, 0.15) is 44.9 Å². The average molecular weight is 195 g/mol. The van der Waals surface area contributed by atoms with Crippen LogP contribution in [0.2, 0.25) is 0 Å². The third-order valence-corrected chi connectivity index (χ3v) is 2.73. The van der Waals surface area contributed by atoms with Gasteiger partial charge in [0.2, 0.25) is 0 Å². The first-order chi connectivity index (χ1) is 6.84. The van der Waals surface area contributed by atoms with Crippen molar-refractivity contribution in [1.82, 2.24) is 5.32 Å². The molecule has 1 aliphatic rings. The second kappa shape index (κ2) is 6.77. The summed E-state index contributed by atoms with van der Waals surface area (Å²) in [6.07, 6.45) is 9.69. The Kier molecular flexibility index (Phi) is 5.53. The van der Waals surface area contributed by atoms with Crippen LogP contribution in [0.4, 0.5) is 0 Å². The molecule has 0 bridgehead atoms. The van der Waals surface area contributed by atoms with Gasteiger partial charge in [-0.15, -0.1) is 0 Å². The third kappa shape index (κ3) is 4.05. The number of hydrogen-bond acceptors (Lipinski definition) is 2. The summed E-state index contributed by atoms with van der Waals surface area (Å²) in [6, 6.07) is 0. The topological polar surface area (TPSA) is 29.1 Å². The Morgan fingerprint density at radius 1 is 1.43 bits per heavy atom. The van der Waals surface area contributed by atoms with Gasteiger partial charge in [-0.05, 0) is 51.3 Å². The molecule has 0 radical (unpaired) electrons. The van der Waals surface area contributed by atoms with E-state index in [1.54, 1.807) is 0 Å². The van der Waals surface area contributed by atoms with Crippen molar-refractivity contribution in [1.29, 1.82) is 0 Å². The molecule has 0 unspecified atom stereocenters. The van der Waals surface area contributed by atoms with E-state index >= 15 is 0 Å². The molecule has 1 aliphatic carbocycles. The maximum absolute atomic E-state index is 11.7. The van der Waals surface area contributed by atoms with Crippen LogP contribution >= 0.6 is 0 Å². The number of carbonyl (C=O) groups excluding carboxylic acids is 1. The molecule has 80 valence electrons. The molecule has 0 spiro atoms. The van der Waals surface area contributed by atoms with Crippen molar-refractivity contribution in [3.05, 3.63) is 11.6 Å². The summed E-state index contributed by atoms with van der Waals surface area (Å²) >= 11 is 0. The van der Waals surface area contributed by atoms with Crippen LogP contribution in [-0.4, -0.2) is 19.4 Å². The zero-order chi connectivity index (χ0) is 10.2. The lowest BCUT2D eigenvalue weighted by atomic mass is 10.0. The second-order valence-corrected chi connectivity index (χ2v) is 3.96. The third-order valence-electron chi connectivity index (χ3n) is 2.73. The van der Waals surface area contributed by atoms with Crippen molar-refractivity contribution >= 4 is 5.78 Å². The molecule has 0 fully saturated rings. The average Bonchev–Trinajstić information content (AvgIpc) is 2.46. The molecule has 1 N–H and O–H groups in total. The SMILES string of the molecule is CNCCCC(=O)C1=CCCCCC1. The molecule has 14 heavy (non-hydrogen) atoms. The Labute approximate surface area is 86.8 Å². The van der Waals surface area contributed by atoms with E-state index in [0.717, 1.165) is 31.4 Å². The summed E-state index contributed by atoms with van der Waals surface area (Å²) in [5, 5.41) is 3.07. The molecule has 0 heterocycles. The van der Waals surface area contributed by atoms with E-state index in [0.29, 0.717) is 12.2 Å².